The van der Waals surface area contributed by atoms with Gasteiger partial charge in [0.1, 0.15) is 0 Å². The van der Waals surface area contributed by atoms with Gasteiger partial charge < -0.3 is 5.32 Å². The second kappa shape index (κ2) is 7.12. The lowest BCUT2D eigenvalue weighted by Gasteiger charge is -2.11. The second-order valence-corrected chi connectivity index (χ2v) is 4.67. The molecule has 1 heterocycles. The number of nitro groups is 1. The van der Waals surface area contributed by atoms with Gasteiger partial charge in [-0.3, -0.25) is 19.9 Å². The number of rotatable bonds is 5. The maximum atomic E-state index is 11.9. The molecule has 0 radical (unpaired) electrons. The van der Waals surface area contributed by atoms with Gasteiger partial charge in [0.2, 0.25) is 5.91 Å². The molecular formula is C16H15N3O3. The summed E-state index contributed by atoms with van der Waals surface area (Å²) >= 11 is 0. The Kier molecular flexibility index (Phi) is 4.98. The monoisotopic (exact) mass is 297 g/mol. The Bertz CT molecular complexity index is 699. The summed E-state index contributed by atoms with van der Waals surface area (Å²) in [5.41, 5.74) is 1.35. The smallest absolute Gasteiger partial charge is 0.270 e. The predicted octanol–water partition coefficient (Wildman–Crippen LogP) is 2.88. The molecule has 0 aliphatic carbocycles. The fourth-order valence-electron chi connectivity index (χ4n) is 1.88. The maximum Gasteiger partial charge on any atom is 0.270 e. The van der Waals surface area contributed by atoms with Gasteiger partial charge >= 0.3 is 0 Å². The Morgan fingerprint density at radius 2 is 2.14 bits per heavy atom. The van der Waals surface area contributed by atoms with Gasteiger partial charge in [0.05, 0.1) is 16.7 Å². The molecule has 1 atom stereocenters. The van der Waals surface area contributed by atoms with Gasteiger partial charge in [0, 0.05) is 24.4 Å². The lowest BCUT2D eigenvalue weighted by molar-refractivity contribution is -0.384. The van der Waals surface area contributed by atoms with Gasteiger partial charge in [0.25, 0.3) is 5.69 Å². The maximum absolute atomic E-state index is 11.9. The normalized spacial score (nSPS) is 12.0. The number of carbonyl (C=O) groups is 1. The second-order valence-electron chi connectivity index (χ2n) is 4.67. The lowest BCUT2D eigenvalue weighted by Crippen LogP contribution is -2.25. The van der Waals surface area contributed by atoms with Crippen molar-refractivity contribution in [3.05, 3.63) is 76.1 Å². The third-order valence-corrected chi connectivity index (χ3v) is 3.00. The Hall–Kier alpha value is -3.02. The Morgan fingerprint density at radius 3 is 2.82 bits per heavy atom. The fourth-order valence-corrected chi connectivity index (χ4v) is 1.88. The van der Waals surface area contributed by atoms with Gasteiger partial charge in [-0.2, -0.15) is 0 Å². The van der Waals surface area contributed by atoms with Crippen LogP contribution in [-0.2, 0) is 4.79 Å². The average Bonchev–Trinajstić information content (AvgIpc) is 2.54. The van der Waals surface area contributed by atoms with Crippen molar-refractivity contribution >= 4 is 17.7 Å². The molecule has 2 rings (SSSR count). The minimum Gasteiger partial charge on any atom is -0.344 e. The minimum atomic E-state index is -0.472. The van der Waals surface area contributed by atoms with Crippen LogP contribution in [0.15, 0.2) is 54.7 Å². The van der Waals surface area contributed by atoms with Crippen molar-refractivity contribution in [1.82, 2.24) is 10.3 Å². The van der Waals surface area contributed by atoms with Gasteiger partial charge in [-0.15, -0.1) is 0 Å². The minimum absolute atomic E-state index is 0.00980. The molecule has 0 bridgehead atoms. The van der Waals surface area contributed by atoms with Crippen molar-refractivity contribution in [3.8, 4) is 0 Å². The van der Waals surface area contributed by atoms with Gasteiger partial charge in [-0.05, 0) is 30.7 Å². The number of amides is 1. The number of benzene rings is 1. The molecule has 22 heavy (non-hydrogen) atoms. The van der Waals surface area contributed by atoms with E-state index >= 15 is 0 Å². The number of pyridine rings is 1. The summed E-state index contributed by atoms with van der Waals surface area (Å²) in [5.74, 6) is -0.287. The van der Waals surface area contributed by atoms with Gasteiger partial charge in [-0.25, -0.2) is 0 Å². The van der Waals surface area contributed by atoms with Gasteiger partial charge in [0.15, 0.2) is 0 Å². The van der Waals surface area contributed by atoms with E-state index in [1.165, 1.54) is 24.3 Å². The third-order valence-electron chi connectivity index (χ3n) is 3.00. The first kappa shape index (κ1) is 15.4. The Balaban J connectivity index is 2.00. The van der Waals surface area contributed by atoms with Crippen LogP contribution in [0.3, 0.4) is 0 Å². The van der Waals surface area contributed by atoms with Gasteiger partial charge in [-0.1, -0.05) is 18.2 Å². The number of carbonyl (C=O) groups excluding carboxylic acids is 1. The van der Waals surface area contributed by atoms with Crippen molar-refractivity contribution in [3.63, 3.8) is 0 Å². The Morgan fingerprint density at radius 1 is 1.32 bits per heavy atom. The van der Waals surface area contributed by atoms with E-state index in [1.54, 1.807) is 24.4 Å². The molecule has 1 aromatic carbocycles. The Labute approximate surface area is 127 Å². The van der Waals surface area contributed by atoms with Crippen molar-refractivity contribution in [1.29, 1.82) is 0 Å². The van der Waals surface area contributed by atoms with E-state index in [2.05, 4.69) is 10.3 Å². The molecular weight excluding hydrogens is 282 g/mol. The van der Waals surface area contributed by atoms with E-state index in [9.17, 15) is 14.9 Å². The molecule has 0 saturated heterocycles. The molecule has 6 heteroatoms. The highest BCUT2D eigenvalue weighted by atomic mass is 16.6. The zero-order valence-electron chi connectivity index (χ0n) is 12.0. The van der Waals surface area contributed by atoms with E-state index in [0.29, 0.717) is 5.56 Å². The molecule has 2 aromatic rings. The summed E-state index contributed by atoms with van der Waals surface area (Å²) in [5, 5.41) is 13.5. The van der Waals surface area contributed by atoms with Crippen LogP contribution in [0.1, 0.15) is 24.2 Å². The van der Waals surface area contributed by atoms with Crippen molar-refractivity contribution in [2.45, 2.75) is 13.0 Å². The summed E-state index contributed by atoms with van der Waals surface area (Å²) in [6, 6.07) is 11.3. The molecule has 0 aliphatic heterocycles. The molecule has 0 fully saturated rings. The molecule has 1 amide bonds. The summed E-state index contributed by atoms with van der Waals surface area (Å²) in [4.78, 5) is 26.2. The highest BCUT2D eigenvalue weighted by Crippen LogP contribution is 2.14. The van der Waals surface area contributed by atoms with E-state index in [1.807, 2.05) is 19.1 Å². The number of nitrogens with one attached hydrogen (secondary N) is 1. The van der Waals surface area contributed by atoms with Crippen LogP contribution >= 0.6 is 0 Å². The average molecular weight is 297 g/mol. The molecule has 0 spiro atoms. The van der Waals surface area contributed by atoms with Crippen LogP contribution in [0.5, 0.6) is 0 Å². The highest BCUT2D eigenvalue weighted by molar-refractivity contribution is 5.92. The van der Waals surface area contributed by atoms with Crippen LogP contribution < -0.4 is 5.32 Å². The molecule has 0 saturated carbocycles. The molecule has 6 nitrogen and oxygen atoms in total. The first-order chi connectivity index (χ1) is 10.6. The molecule has 0 unspecified atom stereocenters. The van der Waals surface area contributed by atoms with Crippen LogP contribution in [0.4, 0.5) is 5.69 Å². The zero-order valence-corrected chi connectivity index (χ0v) is 12.0. The molecule has 112 valence electrons. The SMILES string of the molecule is C[C@H](NC(=O)/C=C/c1cccc([N+](=O)[O-])c1)c1ccccn1. The van der Waals surface area contributed by atoms with Crippen LogP contribution in [0.2, 0.25) is 0 Å². The molecule has 0 aliphatic rings. The predicted molar refractivity (Wildman–Crippen MR) is 82.9 cm³/mol. The van der Waals surface area contributed by atoms with E-state index in [-0.39, 0.29) is 17.6 Å². The standard InChI is InChI=1S/C16H15N3O3/c1-12(15-7-2-3-10-17-15)18-16(20)9-8-13-5-4-6-14(11-13)19(21)22/h2-12H,1H3,(H,18,20)/b9-8+/t12-/m0/s1. The number of non-ortho nitro benzene ring substituents is 1. The molecule has 1 aromatic heterocycles. The largest absolute Gasteiger partial charge is 0.344 e. The topological polar surface area (TPSA) is 85.1 Å². The summed E-state index contributed by atoms with van der Waals surface area (Å²) in [6.07, 6.45) is 4.54. The van der Waals surface area contributed by atoms with E-state index in [4.69, 9.17) is 0 Å². The lowest BCUT2D eigenvalue weighted by atomic mass is 10.2. The summed E-state index contributed by atoms with van der Waals surface area (Å²) in [6.45, 7) is 1.83. The van der Waals surface area contributed by atoms with Crippen molar-refractivity contribution < 1.29 is 9.72 Å². The van der Waals surface area contributed by atoms with Crippen LogP contribution in [-0.4, -0.2) is 15.8 Å². The van der Waals surface area contributed by atoms with Crippen molar-refractivity contribution in [2.24, 2.45) is 0 Å². The summed E-state index contributed by atoms with van der Waals surface area (Å²) in [7, 11) is 0. The zero-order chi connectivity index (χ0) is 15.9. The van der Waals surface area contributed by atoms with Crippen molar-refractivity contribution in [2.75, 3.05) is 0 Å². The first-order valence-electron chi connectivity index (χ1n) is 6.70. The number of aromatic nitrogens is 1. The quantitative estimate of drug-likeness (QED) is 0.522. The number of hydrogen-bond donors (Lipinski definition) is 1. The van der Waals surface area contributed by atoms with Crippen LogP contribution in [0, 0.1) is 10.1 Å². The molecule has 1 N–H and O–H groups in total. The highest BCUT2D eigenvalue weighted by Gasteiger charge is 2.08. The fraction of sp³-hybridized carbons (Fsp3) is 0.125. The van der Waals surface area contributed by atoms with Crippen LogP contribution in [0.25, 0.3) is 6.08 Å². The van der Waals surface area contributed by atoms with E-state index in [0.717, 1.165) is 5.69 Å². The number of hydrogen-bond acceptors (Lipinski definition) is 4. The number of nitro benzene ring substituents is 1. The summed E-state index contributed by atoms with van der Waals surface area (Å²) < 4.78 is 0. The van der Waals surface area contributed by atoms with E-state index < -0.39 is 4.92 Å². The number of nitrogens with zero attached hydrogens (tertiary/aromatic N) is 2. The third kappa shape index (κ3) is 4.24. The first-order valence-corrected chi connectivity index (χ1v) is 6.70.